The summed E-state index contributed by atoms with van der Waals surface area (Å²) in [6, 6.07) is 4.76. The third kappa shape index (κ3) is 5.48. The third-order valence-electron chi connectivity index (χ3n) is 5.59. The molecule has 11 nitrogen and oxygen atoms in total. The number of benzene rings is 1. The highest BCUT2D eigenvalue weighted by molar-refractivity contribution is 5.95. The molecule has 3 N–H and O–H groups in total. The van der Waals surface area contributed by atoms with Gasteiger partial charge in [-0.25, -0.2) is 4.98 Å². The highest BCUT2D eigenvalue weighted by atomic mass is 16.5. The lowest BCUT2D eigenvalue weighted by Gasteiger charge is -2.35. The van der Waals surface area contributed by atoms with E-state index in [2.05, 4.69) is 15.3 Å². The summed E-state index contributed by atoms with van der Waals surface area (Å²) in [5, 5.41) is 23.2. The summed E-state index contributed by atoms with van der Waals surface area (Å²) in [5.74, 6) is -1.13. The van der Waals surface area contributed by atoms with Crippen molar-refractivity contribution >= 4 is 11.8 Å². The van der Waals surface area contributed by atoms with E-state index in [-0.39, 0.29) is 30.5 Å². The van der Waals surface area contributed by atoms with Crippen LogP contribution in [0.5, 0.6) is 23.1 Å². The van der Waals surface area contributed by atoms with E-state index in [0.29, 0.717) is 30.0 Å². The Morgan fingerprint density at radius 1 is 1.18 bits per heavy atom. The second kappa shape index (κ2) is 11.0. The van der Waals surface area contributed by atoms with E-state index in [1.165, 1.54) is 14.2 Å². The molecule has 34 heavy (non-hydrogen) atoms. The Hall–Kier alpha value is -3.60. The summed E-state index contributed by atoms with van der Waals surface area (Å²) >= 11 is 0. The number of aromatic nitrogens is 2. The van der Waals surface area contributed by atoms with Gasteiger partial charge in [-0.3, -0.25) is 9.59 Å². The number of hydrogen-bond donors (Lipinski definition) is 3. The van der Waals surface area contributed by atoms with Gasteiger partial charge in [0.05, 0.1) is 26.8 Å². The van der Waals surface area contributed by atoms with Gasteiger partial charge < -0.3 is 34.8 Å². The molecule has 11 heteroatoms. The molecule has 184 valence electrons. The van der Waals surface area contributed by atoms with E-state index in [4.69, 9.17) is 9.47 Å². The molecule has 1 atom stereocenters. The van der Waals surface area contributed by atoms with Crippen LogP contribution in [0.3, 0.4) is 0 Å². The Bertz CT molecular complexity index is 1040. The van der Waals surface area contributed by atoms with Crippen molar-refractivity contribution in [3.05, 3.63) is 35.3 Å². The number of nitrogens with one attached hydrogen (secondary N) is 1. The van der Waals surface area contributed by atoms with Gasteiger partial charge in [0.15, 0.2) is 23.0 Å². The predicted octanol–water partition coefficient (Wildman–Crippen LogP) is 1.45. The number of piperidine rings is 1. The van der Waals surface area contributed by atoms with Gasteiger partial charge in [-0.1, -0.05) is 12.1 Å². The van der Waals surface area contributed by atoms with Crippen molar-refractivity contribution in [2.75, 3.05) is 41.4 Å². The van der Waals surface area contributed by atoms with Crippen LogP contribution < -0.4 is 14.8 Å². The topological polar surface area (TPSA) is 137 Å². The normalized spacial score (nSPS) is 15.8. The van der Waals surface area contributed by atoms with Crippen molar-refractivity contribution in [1.29, 1.82) is 0 Å². The van der Waals surface area contributed by atoms with Crippen LogP contribution in [-0.2, 0) is 11.3 Å². The summed E-state index contributed by atoms with van der Waals surface area (Å²) in [4.78, 5) is 37.3. The maximum atomic E-state index is 12.9. The largest absolute Gasteiger partial charge is 0.501 e. The van der Waals surface area contributed by atoms with E-state index in [9.17, 15) is 19.8 Å². The highest BCUT2D eigenvalue weighted by Gasteiger charge is 2.32. The number of carbonyl (C=O) groups excluding carboxylic acids is 2. The van der Waals surface area contributed by atoms with Gasteiger partial charge in [0.1, 0.15) is 0 Å². The molecule has 3 rings (SSSR count). The Labute approximate surface area is 198 Å². The van der Waals surface area contributed by atoms with Gasteiger partial charge in [-0.2, -0.15) is 4.98 Å². The number of amides is 2. The standard InChI is InChI=1S/C23H31N5O6/c1-27(2)13-17(29)28-11-6-5-9-15(28)21-25-18(19(30)23(32)26-21)22(31)24-12-14-8-7-10-16(33-3)20(14)34-4/h7-8,10,15,30H,5-6,9,11-13H2,1-4H3,(H,24,31)(H,25,26,32). The smallest absolute Gasteiger partial charge is 0.274 e. The number of likely N-dealkylation sites (tertiary alicyclic amines) is 1. The Kier molecular flexibility index (Phi) is 8.11. The molecule has 1 unspecified atom stereocenters. The zero-order valence-electron chi connectivity index (χ0n) is 19.9. The van der Waals surface area contributed by atoms with Crippen LogP contribution in [0.1, 0.15) is 47.2 Å². The van der Waals surface area contributed by atoms with Crippen LogP contribution in [0.4, 0.5) is 0 Å². The van der Waals surface area contributed by atoms with Crippen LogP contribution in [-0.4, -0.2) is 83.2 Å². The number of aromatic hydroxyl groups is 2. The predicted molar refractivity (Wildman–Crippen MR) is 123 cm³/mol. The highest BCUT2D eigenvalue weighted by Crippen LogP contribution is 2.34. The molecule has 2 amide bonds. The van der Waals surface area contributed by atoms with Crippen molar-refractivity contribution < 1.29 is 29.3 Å². The van der Waals surface area contributed by atoms with Crippen LogP contribution in [0, 0.1) is 0 Å². The fourth-order valence-corrected chi connectivity index (χ4v) is 3.98. The van der Waals surface area contributed by atoms with Gasteiger partial charge >= 0.3 is 0 Å². The van der Waals surface area contributed by atoms with Crippen molar-refractivity contribution in [2.24, 2.45) is 0 Å². The maximum absolute atomic E-state index is 12.9. The first-order valence-corrected chi connectivity index (χ1v) is 11.0. The van der Waals surface area contributed by atoms with Gasteiger partial charge in [-0.15, -0.1) is 0 Å². The van der Waals surface area contributed by atoms with Crippen LogP contribution in [0.25, 0.3) is 0 Å². The second-order valence-corrected chi connectivity index (χ2v) is 8.27. The molecule has 1 saturated heterocycles. The molecular weight excluding hydrogens is 442 g/mol. The number of ether oxygens (including phenoxy) is 2. The molecule has 0 spiro atoms. The average Bonchev–Trinajstić information content (AvgIpc) is 2.83. The first-order valence-electron chi connectivity index (χ1n) is 11.0. The lowest BCUT2D eigenvalue weighted by molar-refractivity contribution is -0.135. The van der Waals surface area contributed by atoms with Crippen LogP contribution in [0.15, 0.2) is 18.2 Å². The Morgan fingerprint density at radius 2 is 1.94 bits per heavy atom. The first kappa shape index (κ1) is 25.0. The molecule has 1 aliphatic rings. The van der Waals surface area contributed by atoms with E-state index in [1.807, 2.05) is 0 Å². The number of nitrogens with zero attached hydrogens (tertiary/aromatic N) is 4. The van der Waals surface area contributed by atoms with Crippen molar-refractivity contribution in [3.63, 3.8) is 0 Å². The summed E-state index contributed by atoms with van der Waals surface area (Å²) < 4.78 is 10.6. The molecule has 1 aromatic heterocycles. The van der Waals surface area contributed by atoms with E-state index < -0.39 is 23.6 Å². The van der Waals surface area contributed by atoms with Crippen molar-refractivity contribution in [3.8, 4) is 23.1 Å². The van der Waals surface area contributed by atoms with Crippen molar-refractivity contribution in [2.45, 2.75) is 31.8 Å². The van der Waals surface area contributed by atoms with Gasteiger partial charge in [0, 0.05) is 18.7 Å². The molecule has 1 fully saturated rings. The minimum Gasteiger partial charge on any atom is -0.501 e. The molecule has 0 saturated carbocycles. The first-order chi connectivity index (χ1) is 16.3. The number of para-hydroxylation sites is 1. The summed E-state index contributed by atoms with van der Waals surface area (Å²) in [6.07, 6.45) is 2.28. The van der Waals surface area contributed by atoms with E-state index >= 15 is 0 Å². The number of hydrogen-bond acceptors (Lipinski definition) is 9. The summed E-state index contributed by atoms with van der Waals surface area (Å²) in [7, 11) is 6.62. The average molecular weight is 474 g/mol. The second-order valence-electron chi connectivity index (χ2n) is 8.27. The number of likely N-dealkylation sites (N-methyl/N-ethyl adjacent to an activating group) is 1. The summed E-state index contributed by atoms with van der Waals surface area (Å²) in [6.45, 7) is 0.811. The molecule has 0 aliphatic carbocycles. The molecular formula is C23H31N5O6. The fourth-order valence-electron chi connectivity index (χ4n) is 3.98. The Balaban J connectivity index is 1.85. The number of carbonyl (C=O) groups is 2. The minimum atomic E-state index is -0.721. The third-order valence-corrected chi connectivity index (χ3v) is 5.59. The minimum absolute atomic E-state index is 0.0651. The number of rotatable bonds is 8. The Morgan fingerprint density at radius 3 is 2.62 bits per heavy atom. The molecule has 2 aromatic rings. The van der Waals surface area contributed by atoms with E-state index in [1.54, 1.807) is 42.1 Å². The lowest BCUT2D eigenvalue weighted by atomic mass is 10.0. The zero-order chi connectivity index (χ0) is 24.8. The monoisotopic (exact) mass is 473 g/mol. The SMILES string of the molecule is COc1cccc(CNC(=O)c2nc(C3CCCCN3C(=O)CN(C)C)nc(O)c2O)c1OC. The quantitative estimate of drug-likeness (QED) is 0.520. The lowest BCUT2D eigenvalue weighted by Crippen LogP contribution is -2.43. The van der Waals surface area contributed by atoms with Gasteiger partial charge in [0.25, 0.3) is 11.8 Å². The van der Waals surface area contributed by atoms with E-state index in [0.717, 1.165) is 12.8 Å². The number of methoxy groups -OCH3 is 2. The van der Waals surface area contributed by atoms with Crippen LogP contribution >= 0.6 is 0 Å². The molecule has 1 aliphatic heterocycles. The summed E-state index contributed by atoms with van der Waals surface area (Å²) in [5.41, 5.74) is 0.288. The molecule has 2 heterocycles. The zero-order valence-corrected chi connectivity index (χ0v) is 19.9. The maximum Gasteiger partial charge on any atom is 0.274 e. The molecule has 1 aromatic carbocycles. The van der Waals surface area contributed by atoms with Crippen molar-refractivity contribution in [1.82, 2.24) is 25.1 Å². The fraction of sp³-hybridized carbons (Fsp3) is 0.478. The molecule has 0 bridgehead atoms. The van der Waals surface area contributed by atoms with Crippen LogP contribution in [0.2, 0.25) is 0 Å². The van der Waals surface area contributed by atoms with Gasteiger partial charge in [-0.05, 0) is 39.4 Å². The van der Waals surface area contributed by atoms with Gasteiger partial charge in [0.2, 0.25) is 11.7 Å². The molecule has 0 radical (unpaired) electrons.